The molecule has 0 spiro atoms. The number of nitrogens with zero attached hydrogens (tertiary/aromatic N) is 2. The van der Waals surface area contributed by atoms with Gasteiger partial charge in [-0.1, -0.05) is 24.3 Å². The Bertz CT molecular complexity index is 699. The molecular formula is C21H29N3O2. The summed E-state index contributed by atoms with van der Waals surface area (Å²) in [5, 5.41) is 2.96. The predicted molar refractivity (Wildman–Crippen MR) is 107 cm³/mol. The van der Waals surface area contributed by atoms with E-state index in [-0.39, 0.29) is 5.91 Å². The largest absolute Gasteiger partial charge is 0.492 e. The number of amides is 1. The summed E-state index contributed by atoms with van der Waals surface area (Å²) in [5.74, 6) is 0.878. The van der Waals surface area contributed by atoms with Gasteiger partial charge in [0.25, 0.3) is 0 Å². The third-order valence-electron chi connectivity index (χ3n) is 4.09. The lowest BCUT2D eigenvalue weighted by Gasteiger charge is -2.17. The van der Waals surface area contributed by atoms with E-state index in [0.717, 1.165) is 17.0 Å². The van der Waals surface area contributed by atoms with Crippen LogP contribution in [0.1, 0.15) is 11.1 Å². The smallest absolute Gasteiger partial charge is 0.234 e. The van der Waals surface area contributed by atoms with E-state index in [1.54, 1.807) is 0 Å². The average Bonchev–Trinajstić information content (AvgIpc) is 2.60. The zero-order chi connectivity index (χ0) is 18.9. The van der Waals surface area contributed by atoms with Crippen molar-refractivity contribution in [2.24, 2.45) is 0 Å². The summed E-state index contributed by atoms with van der Waals surface area (Å²) in [6.45, 7) is 4.18. The maximum atomic E-state index is 12.1. The SMILES string of the molecule is Cc1cccc(OCCN(C)CC(=O)NCc2ccc(N(C)C)cc2)c1. The van der Waals surface area contributed by atoms with Gasteiger partial charge in [-0.2, -0.15) is 0 Å². The Hall–Kier alpha value is -2.53. The topological polar surface area (TPSA) is 44.8 Å². The second kappa shape index (κ2) is 9.82. The number of benzene rings is 2. The minimum Gasteiger partial charge on any atom is -0.492 e. The van der Waals surface area contributed by atoms with Crippen molar-refractivity contribution in [2.45, 2.75) is 13.5 Å². The van der Waals surface area contributed by atoms with Crippen molar-refractivity contribution in [3.8, 4) is 5.75 Å². The van der Waals surface area contributed by atoms with Gasteiger partial charge in [0.1, 0.15) is 12.4 Å². The number of nitrogens with one attached hydrogen (secondary N) is 1. The van der Waals surface area contributed by atoms with Crippen molar-refractivity contribution in [3.05, 3.63) is 59.7 Å². The Morgan fingerprint density at radius 3 is 2.46 bits per heavy atom. The van der Waals surface area contributed by atoms with Crippen LogP contribution in [0.2, 0.25) is 0 Å². The Balaban J connectivity index is 1.66. The molecule has 5 nitrogen and oxygen atoms in total. The molecule has 0 radical (unpaired) electrons. The molecule has 1 N–H and O–H groups in total. The van der Waals surface area contributed by atoms with Crippen LogP contribution in [0.5, 0.6) is 5.75 Å². The average molecular weight is 355 g/mol. The minimum absolute atomic E-state index is 0.0136. The molecule has 2 rings (SSSR count). The number of likely N-dealkylation sites (N-methyl/N-ethyl adjacent to an activating group) is 1. The number of hydrogen-bond donors (Lipinski definition) is 1. The molecule has 2 aromatic carbocycles. The highest BCUT2D eigenvalue weighted by atomic mass is 16.5. The van der Waals surface area contributed by atoms with Crippen LogP contribution in [0.15, 0.2) is 48.5 Å². The highest BCUT2D eigenvalue weighted by Gasteiger charge is 2.07. The molecule has 0 aliphatic rings. The molecule has 0 bridgehead atoms. The van der Waals surface area contributed by atoms with Gasteiger partial charge in [-0.25, -0.2) is 0 Å². The van der Waals surface area contributed by atoms with Crippen molar-refractivity contribution < 1.29 is 9.53 Å². The number of hydrogen-bond acceptors (Lipinski definition) is 4. The zero-order valence-electron chi connectivity index (χ0n) is 16.2. The van der Waals surface area contributed by atoms with Crippen LogP contribution >= 0.6 is 0 Å². The van der Waals surface area contributed by atoms with E-state index in [1.807, 2.05) is 69.4 Å². The van der Waals surface area contributed by atoms with Gasteiger partial charge in [0.2, 0.25) is 5.91 Å². The van der Waals surface area contributed by atoms with E-state index in [9.17, 15) is 4.79 Å². The highest BCUT2D eigenvalue weighted by molar-refractivity contribution is 5.78. The lowest BCUT2D eigenvalue weighted by Crippen LogP contribution is -2.36. The number of anilines is 1. The first-order chi connectivity index (χ1) is 12.4. The standard InChI is InChI=1S/C21H29N3O2/c1-17-6-5-7-20(14-17)26-13-12-24(4)16-21(25)22-15-18-8-10-19(11-9-18)23(2)3/h5-11,14H,12-13,15-16H2,1-4H3,(H,22,25). The molecule has 2 aromatic rings. The Morgan fingerprint density at radius 2 is 1.81 bits per heavy atom. The van der Waals surface area contributed by atoms with Crippen LogP contribution in [0, 0.1) is 6.92 Å². The van der Waals surface area contributed by atoms with E-state index < -0.39 is 0 Å². The summed E-state index contributed by atoms with van der Waals surface area (Å²) >= 11 is 0. The fourth-order valence-electron chi connectivity index (χ4n) is 2.52. The van der Waals surface area contributed by atoms with Gasteiger partial charge in [-0.05, 0) is 49.4 Å². The summed E-state index contributed by atoms with van der Waals surface area (Å²) in [7, 11) is 5.94. The van der Waals surface area contributed by atoms with Gasteiger partial charge < -0.3 is 15.0 Å². The van der Waals surface area contributed by atoms with Crippen LogP contribution < -0.4 is 15.0 Å². The fraction of sp³-hybridized carbons (Fsp3) is 0.381. The number of rotatable bonds is 9. The van der Waals surface area contributed by atoms with Crippen LogP contribution in [0.25, 0.3) is 0 Å². The molecule has 0 unspecified atom stereocenters. The molecule has 0 aliphatic carbocycles. The van der Waals surface area contributed by atoms with Crippen LogP contribution in [0.3, 0.4) is 0 Å². The second-order valence-electron chi connectivity index (χ2n) is 6.74. The summed E-state index contributed by atoms with van der Waals surface area (Å²) in [6.07, 6.45) is 0. The van der Waals surface area contributed by atoms with Gasteiger partial charge in [0, 0.05) is 32.9 Å². The van der Waals surface area contributed by atoms with Gasteiger partial charge >= 0.3 is 0 Å². The molecule has 140 valence electrons. The van der Waals surface area contributed by atoms with Crippen molar-refractivity contribution in [3.63, 3.8) is 0 Å². The number of ether oxygens (including phenoxy) is 1. The molecular weight excluding hydrogens is 326 g/mol. The third kappa shape index (κ3) is 6.76. The molecule has 0 aliphatic heterocycles. The monoisotopic (exact) mass is 355 g/mol. The lowest BCUT2D eigenvalue weighted by atomic mass is 10.2. The van der Waals surface area contributed by atoms with Crippen molar-refractivity contribution in [1.29, 1.82) is 0 Å². The maximum Gasteiger partial charge on any atom is 0.234 e. The zero-order valence-corrected chi connectivity index (χ0v) is 16.2. The third-order valence-corrected chi connectivity index (χ3v) is 4.09. The van der Waals surface area contributed by atoms with Crippen molar-refractivity contribution >= 4 is 11.6 Å². The number of carbonyl (C=O) groups is 1. The first kappa shape index (κ1) is 19.8. The Kier molecular flexibility index (Phi) is 7.48. The fourth-order valence-corrected chi connectivity index (χ4v) is 2.52. The Labute approximate surface area is 156 Å². The molecule has 0 saturated carbocycles. The molecule has 0 aromatic heterocycles. The first-order valence-corrected chi connectivity index (χ1v) is 8.85. The van der Waals surface area contributed by atoms with Crippen LogP contribution in [-0.4, -0.2) is 51.6 Å². The summed E-state index contributed by atoms with van der Waals surface area (Å²) < 4.78 is 5.72. The molecule has 5 heteroatoms. The number of carbonyl (C=O) groups excluding carboxylic acids is 1. The summed E-state index contributed by atoms with van der Waals surface area (Å²) in [4.78, 5) is 16.1. The summed E-state index contributed by atoms with van der Waals surface area (Å²) in [5.41, 5.74) is 3.41. The van der Waals surface area contributed by atoms with Crippen LogP contribution in [-0.2, 0) is 11.3 Å². The van der Waals surface area contributed by atoms with Crippen molar-refractivity contribution in [1.82, 2.24) is 10.2 Å². The second-order valence-corrected chi connectivity index (χ2v) is 6.74. The van der Waals surface area contributed by atoms with E-state index >= 15 is 0 Å². The highest BCUT2D eigenvalue weighted by Crippen LogP contribution is 2.12. The van der Waals surface area contributed by atoms with Gasteiger partial charge in [0.05, 0.1) is 6.54 Å². The normalized spacial score (nSPS) is 10.7. The van der Waals surface area contributed by atoms with E-state index in [4.69, 9.17) is 4.74 Å². The van der Waals surface area contributed by atoms with E-state index in [1.165, 1.54) is 5.56 Å². The molecule has 0 saturated heterocycles. The first-order valence-electron chi connectivity index (χ1n) is 8.85. The predicted octanol–water partition coefficient (Wildman–Crippen LogP) is 2.69. The molecule has 26 heavy (non-hydrogen) atoms. The molecule has 0 atom stereocenters. The van der Waals surface area contributed by atoms with Crippen LogP contribution in [0.4, 0.5) is 5.69 Å². The van der Waals surface area contributed by atoms with Crippen molar-refractivity contribution in [2.75, 3.05) is 45.7 Å². The lowest BCUT2D eigenvalue weighted by molar-refractivity contribution is -0.122. The molecule has 0 heterocycles. The minimum atomic E-state index is 0.0136. The molecule has 0 fully saturated rings. The van der Waals surface area contributed by atoms with Gasteiger partial charge in [-0.3, -0.25) is 9.69 Å². The molecule has 1 amide bonds. The van der Waals surface area contributed by atoms with Gasteiger partial charge in [0.15, 0.2) is 0 Å². The Morgan fingerprint density at radius 1 is 1.08 bits per heavy atom. The summed E-state index contributed by atoms with van der Waals surface area (Å²) in [6, 6.07) is 16.1. The maximum absolute atomic E-state index is 12.1. The van der Waals surface area contributed by atoms with E-state index in [0.29, 0.717) is 26.2 Å². The quantitative estimate of drug-likeness (QED) is 0.751. The van der Waals surface area contributed by atoms with Gasteiger partial charge in [-0.15, -0.1) is 0 Å². The number of aryl methyl sites for hydroxylation is 1. The van der Waals surface area contributed by atoms with E-state index in [2.05, 4.69) is 22.3 Å².